The van der Waals surface area contributed by atoms with Gasteiger partial charge in [-0.2, -0.15) is 0 Å². The van der Waals surface area contributed by atoms with E-state index in [1.165, 1.54) is 77.0 Å². The number of nitrogens with one attached hydrogen (secondary N) is 1. The van der Waals surface area contributed by atoms with Crippen molar-refractivity contribution in [1.29, 1.82) is 0 Å². The number of hydrogen-bond acceptors (Lipinski definition) is 6. The van der Waals surface area contributed by atoms with Crippen LogP contribution >= 0.6 is 7.82 Å². The van der Waals surface area contributed by atoms with Gasteiger partial charge in [-0.25, -0.2) is 4.57 Å². The number of amides is 1. The van der Waals surface area contributed by atoms with Gasteiger partial charge < -0.3 is 19.4 Å². The average Bonchev–Trinajstić information content (AvgIpc) is 3.40. The lowest BCUT2D eigenvalue weighted by molar-refractivity contribution is -0.870. The number of carbonyl (C=O) groups is 2. The van der Waals surface area contributed by atoms with Gasteiger partial charge in [0.2, 0.25) is 5.91 Å². The molecule has 0 radical (unpaired) electrons. The summed E-state index contributed by atoms with van der Waals surface area (Å²) < 4.78 is 30.6. The second-order valence-corrected chi connectivity index (χ2v) is 22.9. The smallest absolute Gasteiger partial charge is 0.456 e. The van der Waals surface area contributed by atoms with Crippen LogP contribution in [0.15, 0.2) is 134 Å². The van der Waals surface area contributed by atoms with Crippen LogP contribution in [0.5, 0.6) is 0 Å². The van der Waals surface area contributed by atoms with E-state index in [1.54, 1.807) is 0 Å². The largest absolute Gasteiger partial charge is 0.472 e. The Morgan fingerprint density at radius 1 is 0.462 bits per heavy atom. The Balaban J connectivity index is 5.39. The average molecular weight is 1100 g/mol. The molecule has 9 nitrogen and oxygen atoms in total. The predicted molar refractivity (Wildman–Crippen MR) is 336 cm³/mol. The Bertz CT molecular complexity index is 1800. The van der Waals surface area contributed by atoms with Gasteiger partial charge in [0, 0.05) is 12.8 Å². The maximum absolute atomic E-state index is 13.5. The molecule has 0 aliphatic carbocycles. The molecule has 0 aromatic heterocycles. The molecule has 0 heterocycles. The van der Waals surface area contributed by atoms with Gasteiger partial charge in [0.05, 0.1) is 33.8 Å². The molecule has 0 aliphatic heterocycles. The number of carbonyl (C=O) groups excluding carboxylic acids is 2. The minimum absolute atomic E-state index is 0.0182. The summed E-state index contributed by atoms with van der Waals surface area (Å²) in [6, 6.07) is -0.897. The third-order valence-electron chi connectivity index (χ3n) is 12.8. The molecule has 0 fully saturated rings. The molecule has 0 spiro atoms. The Hall–Kier alpha value is -3.85. The van der Waals surface area contributed by atoms with Gasteiger partial charge in [-0.15, -0.1) is 0 Å². The second kappa shape index (κ2) is 56.4. The maximum Gasteiger partial charge on any atom is 0.472 e. The first-order chi connectivity index (χ1) is 37.9. The Morgan fingerprint density at radius 3 is 1.28 bits per heavy atom. The van der Waals surface area contributed by atoms with Crippen molar-refractivity contribution in [2.75, 3.05) is 40.9 Å². The number of unbranched alkanes of at least 4 members (excludes halogenated alkanes) is 18. The SMILES string of the molecule is CC/C=C\C/C=C\C/C=C\C/C=C\C/C=C\C/C=C\CCCCCCC(=O)OC(/C=C\CCCCCCCCCCCC)C(COP(=O)(O)OCC[N+](C)(C)C)NC(=O)CCC/C=C\C/C=C\C/C=C\C/C=C\CCCCC. The molecule has 0 aliphatic rings. The Morgan fingerprint density at radius 2 is 0.833 bits per heavy atom. The summed E-state index contributed by atoms with van der Waals surface area (Å²) in [5.74, 6) is -0.610. The molecule has 10 heteroatoms. The van der Waals surface area contributed by atoms with Crippen molar-refractivity contribution in [3.8, 4) is 0 Å². The minimum atomic E-state index is -4.48. The summed E-state index contributed by atoms with van der Waals surface area (Å²) in [6.45, 7) is 6.78. The highest BCUT2D eigenvalue weighted by Gasteiger charge is 2.30. The molecule has 78 heavy (non-hydrogen) atoms. The molecule has 2 N–H and O–H groups in total. The molecule has 0 aromatic rings. The summed E-state index contributed by atoms with van der Waals surface area (Å²) >= 11 is 0. The number of phosphoric ester groups is 1. The zero-order chi connectivity index (χ0) is 57.2. The number of likely N-dealkylation sites (N-methyl/N-ethyl adjacent to an activating group) is 1. The van der Waals surface area contributed by atoms with E-state index in [0.717, 1.165) is 109 Å². The van der Waals surface area contributed by atoms with Crippen LogP contribution in [0.25, 0.3) is 0 Å². The highest BCUT2D eigenvalue weighted by molar-refractivity contribution is 7.47. The molecule has 0 rings (SSSR count). The van der Waals surface area contributed by atoms with E-state index < -0.39 is 20.0 Å². The van der Waals surface area contributed by atoms with E-state index in [9.17, 15) is 19.0 Å². The molecular weight excluding hydrogens is 988 g/mol. The molecule has 3 atom stereocenters. The van der Waals surface area contributed by atoms with E-state index >= 15 is 0 Å². The van der Waals surface area contributed by atoms with Gasteiger partial charge in [-0.3, -0.25) is 18.6 Å². The van der Waals surface area contributed by atoms with Crippen molar-refractivity contribution in [2.45, 2.75) is 245 Å². The normalized spacial score (nSPS) is 14.6. The maximum atomic E-state index is 13.5. The molecule has 0 aromatic carbocycles. The van der Waals surface area contributed by atoms with Crippen molar-refractivity contribution in [3.05, 3.63) is 134 Å². The highest BCUT2D eigenvalue weighted by Crippen LogP contribution is 2.43. The monoisotopic (exact) mass is 1100 g/mol. The lowest BCUT2D eigenvalue weighted by Gasteiger charge is -2.27. The van der Waals surface area contributed by atoms with E-state index in [1.807, 2.05) is 33.3 Å². The molecule has 0 saturated heterocycles. The number of phosphoric acid groups is 1. The van der Waals surface area contributed by atoms with E-state index in [0.29, 0.717) is 23.9 Å². The highest BCUT2D eigenvalue weighted by atomic mass is 31.2. The molecule has 1 amide bonds. The standard InChI is InChI=1S/C68H115N2O7P/c1-7-10-13-16-19-22-25-28-30-32-33-34-35-36-37-39-41-43-46-49-52-55-58-61-68(72)77-66(59-56-53-50-47-44-27-24-21-18-15-12-9-3)65(64-76-78(73,74)75-63-62-70(4,5)6)69-67(71)60-57-54-51-48-45-42-40-38-31-29-26-23-20-17-14-11-8-2/h10,13,19-20,22-23,28-31,33-34,36-37,40-43,48,51,56,59,65-66H,7-9,11-12,14-18,21,24-27,32,35,38-39,44-47,49-50,52-55,57-58,60-64H2,1-6H3,(H-,69,71,73,74)/p+1/b13-10-,22-19-,23-20-,30-28-,31-29-,34-33-,37-36-,42-40-,43-41-,51-48-,59-56-. The number of esters is 1. The molecular formula is C68H116N2O7P+. The van der Waals surface area contributed by atoms with Gasteiger partial charge in [-0.1, -0.05) is 232 Å². The topological polar surface area (TPSA) is 111 Å². The molecule has 0 saturated carbocycles. The van der Waals surface area contributed by atoms with E-state index in [2.05, 4.69) is 148 Å². The Labute approximate surface area is 479 Å². The van der Waals surface area contributed by atoms with Crippen molar-refractivity contribution >= 4 is 19.7 Å². The van der Waals surface area contributed by atoms with Crippen LogP contribution in [0, 0.1) is 0 Å². The first-order valence-electron chi connectivity index (χ1n) is 31.0. The zero-order valence-corrected chi connectivity index (χ0v) is 51.5. The lowest BCUT2D eigenvalue weighted by Crippen LogP contribution is -2.47. The fourth-order valence-corrected chi connectivity index (χ4v) is 8.79. The first-order valence-corrected chi connectivity index (χ1v) is 32.5. The quantitative estimate of drug-likeness (QED) is 0.0205. The fraction of sp³-hybridized carbons (Fsp3) is 0.647. The van der Waals surface area contributed by atoms with Gasteiger partial charge in [0.15, 0.2) is 0 Å². The zero-order valence-electron chi connectivity index (χ0n) is 50.6. The number of allylic oxidation sites excluding steroid dienone is 21. The molecule has 0 bridgehead atoms. The number of hydrogen-bond donors (Lipinski definition) is 2. The first kappa shape index (κ1) is 74.2. The number of nitrogens with zero attached hydrogens (tertiary/aromatic N) is 1. The van der Waals surface area contributed by atoms with Crippen LogP contribution in [-0.4, -0.2) is 74.3 Å². The van der Waals surface area contributed by atoms with E-state index in [4.69, 9.17) is 13.8 Å². The van der Waals surface area contributed by atoms with Crippen molar-refractivity contribution in [3.63, 3.8) is 0 Å². The third-order valence-corrected chi connectivity index (χ3v) is 13.8. The predicted octanol–water partition coefficient (Wildman–Crippen LogP) is 19.3. The summed E-state index contributed by atoms with van der Waals surface area (Å²) in [5, 5.41) is 3.01. The second-order valence-electron chi connectivity index (χ2n) is 21.5. The van der Waals surface area contributed by atoms with Gasteiger partial charge in [-0.05, 0) is 122 Å². The number of quaternary nitrogens is 1. The van der Waals surface area contributed by atoms with Crippen molar-refractivity contribution < 1.29 is 37.3 Å². The Kier molecular flexibility index (Phi) is 53.6. The van der Waals surface area contributed by atoms with Crippen molar-refractivity contribution in [2.24, 2.45) is 0 Å². The van der Waals surface area contributed by atoms with Crippen LogP contribution in [0.3, 0.4) is 0 Å². The summed E-state index contributed by atoms with van der Waals surface area (Å²) in [6.07, 6.45) is 80.3. The third kappa shape index (κ3) is 56.9. The number of ether oxygens (including phenoxy) is 1. The van der Waals surface area contributed by atoms with Crippen LogP contribution in [0.4, 0.5) is 0 Å². The van der Waals surface area contributed by atoms with Gasteiger partial charge >= 0.3 is 13.8 Å². The van der Waals surface area contributed by atoms with Crippen LogP contribution in [-0.2, 0) is 27.9 Å². The van der Waals surface area contributed by atoms with Crippen molar-refractivity contribution in [1.82, 2.24) is 5.32 Å². The van der Waals surface area contributed by atoms with Gasteiger partial charge in [0.1, 0.15) is 19.3 Å². The number of rotatable bonds is 54. The summed E-state index contributed by atoms with van der Waals surface area (Å²) in [4.78, 5) is 37.7. The fourth-order valence-electron chi connectivity index (χ4n) is 8.05. The molecule has 444 valence electrons. The van der Waals surface area contributed by atoms with Crippen LogP contribution in [0.2, 0.25) is 0 Å². The minimum Gasteiger partial charge on any atom is -0.456 e. The van der Waals surface area contributed by atoms with E-state index in [-0.39, 0.29) is 37.9 Å². The summed E-state index contributed by atoms with van der Waals surface area (Å²) in [5.41, 5.74) is 0. The summed E-state index contributed by atoms with van der Waals surface area (Å²) in [7, 11) is 1.43. The van der Waals surface area contributed by atoms with Crippen LogP contribution < -0.4 is 5.32 Å². The molecule has 3 unspecified atom stereocenters. The van der Waals surface area contributed by atoms with Gasteiger partial charge in [0.25, 0.3) is 0 Å². The van der Waals surface area contributed by atoms with Crippen LogP contribution in [0.1, 0.15) is 233 Å². The lowest BCUT2D eigenvalue weighted by atomic mass is 10.1.